The number of rotatable bonds is 4. The predicted octanol–water partition coefficient (Wildman–Crippen LogP) is 7.42. The summed E-state index contributed by atoms with van der Waals surface area (Å²) in [7, 11) is 0. The molecular formula is C28H24. The lowest BCUT2D eigenvalue weighted by molar-refractivity contribution is 0.943. The van der Waals surface area contributed by atoms with Gasteiger partial charge in [0.2, 0.25) is 0 Å². The molecule has 0 aliphatic heterocycles. The Morgan fingerprint density at radius 3 is 2.39 bits per heavy atom. The third kappa shape index (κ3) is 2.98. The summed E-state index contributed by atoms with van der Waals surface area (Å²) in [5, 5.41) is 0. The maximum absolute atomic E-state index is 3.59. The van der Waals surface area contributed by atoms with Gasteiger partial charge < -0.3 is 0 Å². The number of benzene rings is 1. The highest BCUT2D eigenvalue weighted by atomic mass is 14.2. The summed E-state index contributed by atoms with van der Waals surface area (Å²) in [5.74, 6) is 0. The first-order chi connectivity index (χ1) is 13.7. The smallest absolute Gasteiger partial charge is 0.0246 e. The summed E-state index contributed by atoms with van der Waals surface area (Å²) < 4.78 is 0. The molecule has 0 radical (unpaired) electrons. The van der Waals surface area contributed by atoms with E-state index >= 15 is 0 Å². The molecule has 28 heavy (non-hydrogen) atoms. The van der Waals surface area contributed by atoms with Gasteiger partial charge in [-0.1, -0.05) is 60.2 Å². The molecule has 0 bridgehead atoms. The first-order valence-electron chi connectivity index (χ1n) is 10.2. The van der Waals surface area contributed by atoms with Crippen LogP contribution in [0, 0.1) is 0 Å². The molecule has 0 nitrogen and oxygen atoms in total. The topological polar surface area (TPSA) is 0 Å². The Balaban J connectivity index is 1.39. The molecule has 1 aromatic carbocycles. The fraction of sp³-hybridized carbons (Fsp3) is 0.214. The van der Waals surface area contributed by atoms with Crippen LogP contribution in [0.15, 0.2) is 106 Å². The van der Waals surface area contributed by atoms with Crippen molar-refractivity contribution < 1.29 is 0 Å². The Morgan fingerprint density at radius 1 is 0.893 bits per heavy atom. The molecule has 0 N–H and O–H groups in total. The second kappa shape index (κ2) is 6.84. The lowest BCUT2D eigenvalue weighted by Gasteiger charge is -2.17. The van der Waals surface area contributed by atoms with Crippen molar-refractivity contribution in [3.8, 4) is 0 Å². The monoisotopic (exact) mass is 360 g/mol. The van der Waals surface area contributed by atoms with Crippen LogP contribution in [-0.4, -0.2) is 0 Å². The van der Waals surface area contributed by atoms with Gasteiger partial charge in [-0.2, -0.15) is 0 Å². The van der Waals surface area contributed by atoms with E-state index < -0.39 is 0 Å². The molecule has 136 valence electrons. The van der Waals surface area contributed by atoms with E-state index in [1.165, 1.54) is 55.7 Å². The van der Waals surface area contributed by atoms with E-state index in [0.717, 1.165) is 25.7 Å². The van der Waals surface area contributed by atoms with Gasteiger partial charge in [0.05, 0.1) is 0 Å². The first kappa shape index (κ1) is 17.1. The standard InChI is InChI=1S/C28H24/c1-19-7-3-6-10-27(19)28-18-24(15-20(28)2)22-11-13-23(14-12-22)26-16-25(17-26)21-8-4-5-9-21/h4-6,8,10-14,18H,3,7,9,16H2,1-2H3. The van der Waals surface area contributed by atoms with Crippen LogP contribution >= 0.6 is 0 Å². The maximum Gasteiger partial charge on any atom is 0.0246 e. The van der Waals surface area contributed by atoms with Gasteiger partial charge in [-0.25, -0.2) is 0 Å². The van der Waals surface area contributed by atoms with Crippen LogP contribution in [-0.2, 0) is 0 Å². The minimum Gasteiger partial charge on any atom is -0.112 e. The Labute approximate surface area is 167 Å². The normalized spacial score (nSPS) is 20.4. The number of hydrogen-bond acceptors (Lipinski definition) is 0. The molecule has 0 saturated carbocycles. The highest BCUT2D eigenvalue weighted by Crippen LogP contribution is 2.37. The molecule has 0 fully saturated rings. The van der Waals surface area contributed by atoms with Crippen LogP contribution in [0.2, 0.25) is 0 Å². The molecule has 0 unspecified atom stereocenters. The third-order valence-corrected chi connectivity index (χ3v) is 6.09. The highest BCUT2D eigenvalue weighted by molar-refractivity contribution is 5.83. The number of hydrogen-bond donors (Lipinski definition) is 0. The van der Waals surface area contributed by atoms with Crippen molar-refractivity contribution in [2.45, 2.75) is 39.5 Å². The predicted molar refractivity (Wildman–Crippen MR) is 119 cm³/mol. The molecule has 4 aliphatic rings. The summed E-state index contributed by atoms with van der Waals surface area (Å²) >= 11 is 0. The van der Waals surface area contributed by atoms with E-state index in [4.69, 9.17) is 0 Å². The molecule has 0 atom stereocenters. The average molecular weight is 361 g/mol. The van der Waals surface area contributed by atoms with E-state index in [0.29, 0.717) is 0 Å². The molecular weight excluding hydrogens is 336 g/mol. The van der Waals surface area contributed by atoms with E-state index in [1.807, 2.05) is 0 Å². The second-order valence-electron chi connectivity index (χ2n) is 8.02. The van der Waals surface area contributed by atoms with Crippen LogP contribution in [0.3, 0.4) is 0 Å². The molecule has 0 heterocycles. The molecule has 0 saturated heterocycles. The summed E-state index contributed by atoms with van der Waals surface area (Å²) in [6, 6.07) is 8.92. The fourth-order valence-electron chi connectivity index (χ4n) is 4.32. The summed E-state index contributed by atoms with van der Waals surface area (Å²) in [4.78, 5) is 0. The van der Waals surface area contributed by atoms with Gasteiger partial charge in [0.15, 0.2) is 0 Å². The molecule has 0 heteroatoms. The molecule has 1 aromatic rings. The van der Waals surface area contributed by atoms with Gasteiger partial charge in [-0.05, 0) is 72.6 Å². The van der Waals surface area contributed by atoms with Crippen molar-refractivity contribution in [2.75, 3.05) is 0 Å². The van der Waals surface area contributed by atoms with Crippen molar-refractivity contribution >= 4 is 11.1 Å². The van der Waals surface area contributed by atoms with Crippen molar-refractivity contribution in [3.63, 3.8) is 0 Å². The molecule has 4 aliphatic carbocycles. The minimum absolute atomic E-state index is 1.04. The van der Waals surface area contributed by atoms with Gasteiger partial charge in [-0.3, -0.25) is 0 Å². The van der Waals surface area contributed by atoms with Crippen LogP contribution in [0.5, 0.6) is 0 Å². The third-order valence-electron chi connectivity index (χ3n) is 6.09. The van der Waals surface area contributed by atoms with E-state index in [-0.39, 0.29) is 0 Å². The fourth-order valence-corrected chi connectivity index (χ4v) is 4.32. The van der Waals surface area contributed by atoms with Crippen molar-refractivity contribution in [1.82, 2.24) is 0 Å². The van der Waals surface area contributed by atoms with Gasteiger partial charge in [0.25, 0.3) is 0 Å². The Morgan fingerprint density at radius 2 is 1.68 bits per heavy atom. The molecule has 0 aromatic heterocycles. The maximum atomic E-state index is 3.59. The summed E-state index contributed by atoms with van der Waals surface area (Å²) in [6.07, 6.45) is 17.9. The SMILES string of the molecule is CC1=C=C(c2ccc(C3=C=C(C4=CC=CC4)C3)cc2)C=C1C1=C(C)CCC=C1. The van der Waals surface area contributed by atoms with Crippen molar-refractivity contribution in [1.29, 1.82) is 0 Å². The molecule has 0 spiro atoms. The zero-order valence-electron chi connectivity index (χ0n) is 16.6. The average Bonchev–Trinajstić information content (AvgIpc) is 3.32. The van der Waals surface area contributed by atoms with Crippen LogP contribution in [0.25, 0.3) is 11.1 Å². The van der Waals surface area contributed by atoms with Gasteiger partial charge >= 0.3 is 0 Å². The van der Waals surface area contributed by atoms with Gasteiger partial charge in [0, 0.05) is 23.1 Å². The Bertz CT molecular complexity index is 1150. The van der Waals surface area contributed by atoms with Gasteiger partial charge in [-0.15, -0.1) is 11.5 Å². The molecule has 0 amide bonds. The quantitative estimate of drug-likeness (QED) is 0.490. The first-order valence-corrected chi connectivity index (χ1v) is 10.2. The van der Waals surface area contributed by atoms with Gasteiger partial charge in [0.1, 0.15) is 0 Å². The highest BCUT2D eigenvalue weighted by Gasteiger charge is 2.18. The number of allylic oxidation sites excluding steroid dienone is 12. The zero-order chi connectivity index (χ0) is 19.1. The second-order valence-corrected chi connectivity index (χ2v) is 8.02. The summed E-state index contributed by atoms with van der Waals surface area (Å²) in [5.41, 5.74) is 20.4. The van der Waals surface area contributed by atoms with Crippen LogP contribution in [0.4, 0.5) is 0 Å². The molecule has 5 rings (SSSR count). The lowest BCUT2D eigenvalue weighted by atomic mass is 9.86. The van der Waals surface area contributed by atoms with Crippen molar-refractivity contribution in [3.05, 3.63) is 117 Å². The largest absolute Gasteiger partial charge is 0.112 e. The summed E-state index contributed by atoms with van der Waals surface area (Å²) in [6.45, 7) is 4.43. The Hall–Kier alpha value is -3.04. The van der Waals surface area contributed by atoms with Crippen molar-refractivity contribution in [2.24, 2.45) is 0 Å². The van der Waals surface area contributed by atoms with E-state index in [1.54, 1.807) is 0 Å². The van der Waals surface area contributed by atoms with Crippen LogP contribution < -0.4 is 0 Å². The lowest BCUT2D eigenvalue weighted by Crippen LogP contribution is -1.98. The zero-order valence-corrected chi connectivity index (χ0v) is 16.6. The Kier molecular flexibility index (Phi) is 4.18. The van der Waals surface area contributed by atoms with E-state index in [9.17, 15) is 0 Å². The van der Waals surface area contributed by atoms with Crippen LogP contribution in [0.1, 0.15) is 50.7 Å². The van der Waals surface area contributed by atoms with E-state index in [2.05, 4.69) is 86.0 Å². The minimum atomic E-state index is 1.04.